The molecule has 90 valence electrons. The summed E-state index contributed by atoms with van der Waals surface area (Å²) in [6.45, 7) is 4.82. The standard InChI is InChI=1S/C11H19N3O2/c1-8(5-12)3-4-10(15)13-7-11-14-6-9(2)16-11/h6,8H,3-5,7,12H2,1-2H3,(H,13,15). The number of rotatable bonds is 6. The van der Waals surface area contributed by atoms with E-state index in [9.17, 15) is 4.79 Å². The fourth-order valence-corrected chi connectivity index (χ4v) is 1.24. The predicted molar refractivity (Wildman–Crippen MR) is 60.5 cm³/mol. The van der Waals surface area contributed by atoms with E-state index in [0.29, 0.717) is 31.3 Å². The summed E-state index contributed by atoms with van der Waals surface area (Å²) in [7, 11) is 0. The van der Waals surface area contributed by atoms with Crippen molar-refractivity contribution in [2.24, 2.45) is 11.7 Å². The number of carbonyl (C=O) groups excluding carboxylic acids is 1. The Morgan fingerprint density at radius 3 is 3.00 bits per heavy atom. The van der Waals surface area contributed by atoms with Crippen LogP contribution in [-0.4, -0.2) is 17.4 Å². The molecule has 0 bridgehead atoms. The minimum absolute atomic E-state index is 0.0103. The monoisotopic (exact) mass is 225 g/mol. The molecule has 1 aromatic rings. The normalized spacial score (nSPS) is 12.4. The highest BCUT2D eigenvalue weighted by atomic mass is 16.4. The molecule has 0 aliphatic heterocycles. The first kappa shape index (κ1) is 12.7. The van der Waals surface area contributed by atoms with Crippen LogP contribution < -0.4 is 11.1 Å². The predicted octanol–water partition coefficient (Wildman–Crippen LogP) is 0.974. The molecule has 0 fully saturated rings. The van der Waals surface area contributed by atoms with Crippen molar-refractivity contribution in [3.05, 3.63) is 17.8 Å². The molecule has 1 rings (SSSR count). The van der Waals surface area contributed by atoms with Crippen LogP contribution in [0.15, 0.2) is 10.6 Å². The van der Waals surface area contributed by atoms with Crippen molar-refractivity contribution in [1.29, 1.82) is 0 Å². The second kappa shape index (κ2) is 6.27. The van der Waals surface area contributed by atoms with Gasteiger partial charge in [-0.2, -0.15) is 0 Å². The molecule has 3 N–H and O–H groups in total. The first-order valence-corrected chi connectivity index (χ1v) is 5.50. The van der Waals surface area contributed by atoms with Crippen molar-refractivity contribution in [2.75, 3.05) is 6.54 Å². The molecule has 0 saturated carbocycles. The van der Waals surface area contributed by atoms with Crippen molar-refractivity contribution in [3.8, 4) is 0 Å². The van der Waals surface area contributed by atoms with Crippen LogP contribution in [-0.2, 0) is 11.3 Å². The number of aryl methyl sites for hydroxylation is 1. The van der Waals surface area contributed by atoms with Crippen LogP contribution in [0.2, 0.25) is 0 Å². The first-order valence-electron chi connectivity index (χ1n) is 5.50. The average Bonchev–Trinajstić information content (AvgIpc) is 2.69. The Morgan fingerprint density at radius 1 is 1.69 bits per heavy atom. The molecule has 1 atom stereocenters. The number of nitrogens with one attached hydrogen (secondary N) is 1. The average molecular weight is 225 g/mol. The first-order chi connectivity index (χ1) is 7.61. The molecule has 1 amide bonds. The highest BCUT2D eigenvalue weighted by Crippen LogP contribution is 2.04. The van der Waals surface area contributed by atoms with Gasteiger partial charge in [0.05, 0.1) is 12.7 Å². The summed E-state index contributed by atoms with van der Waals surface area (Å²) in [5.41, 5.74) is 5.47. The van der Waals surface area contributed by atoms with Gasteiger partial charge < -0.3 is 15.5 Å². The van der Waals surface area contributed by atoms with Gasteiger partial charge in [0.15, 0.2) is 0 Å². The van der Waals surface area contributed by atoms with Gasteiger partial charge in [-0.05, 0) is 25.8 Å². The SMILES string of the molecule is Cc1cnc(CNC(=O)CCC(C)CN)o1. The van der Waals surface area contributed by atoms with E-state index in [1.54, 1.807) is 6.20 Å². The van der Waals surface area contributed by atoms with E-state index in [0.717, 1.165) is 12.2 Å². The van der Waals surface area contributed by atoms with Crippen molar-refractivity contribution >= 4 is 5.91 Å². The van der Waals surface area contributed by atoms with Crippen LogP contribution in [0, 0.1) is 12.8 Å². The van der Waals surface area contributed by atoms with E-state index in [1.807, 2.05) is 13.8 Å². The number of aromatic nitrogens is 1. The van der Waals surface area contributed by atoms with Crippen molar-refractivity contribution in [2.45, 2.75) is 33.2 Å². The van der Waals surface area contributed by atoms with E-state index in [4.69, 9.17) is 10.2 Å². The fraction of sp³-hybridized carbons (Fsp3) is 0.636. The summed E-state index contributed by atoms with van der Waals surface area (Å²) >= 11 is 0. The van der Waals surface area contributed by atoms with Crippen molar-refractivity contribution in [3.63, 3.8) is 0 Å². The molecule has 1 unspecified atom stereocenters. The Labute approximate surface area is 95.4 Å². The van der Waals surface area contributed by atoms with E-state index < -0.39 is 0 Å². The molecule has 0 saturated heterocycles. The van der Waals surface area contributed by atoms with Crippen LogP contribution >= 0.6 is 0 Å². The fourth-order valence-electron chi connectivity index (χ4n) is 1.24. The van der Waals surface area contributed by atoms with Gasteiger partial charge in [0, 0.05) is 6.42 Å². The van der Waals surface area contributed by atoms with Crippen LogP contribution in [0.1, 0.15) is 31.4 Å². The third kappa shape index (κ3) is 4.44. The van der Waals surface area contributed by atoms with Gasteiger partial charge >= 0.3 is 0 Å². The van der Waals surface area contributed by atoms with Gasteiger partial charge in [-0.3, -0.25) is 4.79 Å². The largest absolute Gasteiger partial charge is 0.444 e. The quantitative estimate of drug-likeness (QED) is 0.756. The molecule has 5 heteroatoms. The Balaban J connectivity index is 2.20. The zero-order valence-corrected chi connectivity index (χ0v) is 9.82. The number of carbonyl (C=O) groups is 1. The van der Waals surface area contributed by atoms with Crippen molar-refractivity contribution < 1.29 is 9.21 Å². The molecule has 0 aliphatic rings. The highest BCUT2D eigenvalue weighted by molar-refractivity contribution is 5.75. The lowest BCUT2D eigenvalue weighted by atomic mass is 10.1. The number of nitrogens with zero attached hydrogens (tertiary/aromatic N) is 1. The van der Waals surface area contributed by atoms with E-state index in [-0.39, 0.29) is 5.91 Å². The molecule has 0 spiro atoms. The highest BCUT2D eigenvalue weighted by Gasteiger charge is 2.06. The summed E-state index contributed by atoms with van der Waals surface area (Å²) < 4.78 is 5.23. The van der Waals surface area contributed by atoms with Gasteiger partial charge in [-0.25, -0.2) is 4.98 Å². The maximum absolute atomic E-state index is 11.4. The van der Waals surface area contributed by atoms with E-state index in [1.165, 1.54) is 0 Å². The summed E-state index contributed by atoms with van der Waals surface area (Å²) in [5.74, 6) is 1.68. The number of oxazole rings is 1. The molecule has 1 heterocycles. The third-order valence-electron chi connectivity index (χ3n) is 2.37. The van der Waals surface area contributed by atoms with Gasteiger partial charge in [0.25, 0.3) is 0 Å². The van der Waals surface area contributed by atoms with Crippen LogP contribution in [0.3, 0.4) is 0 Å². The summed E-state index contributed by atoms with van der Waals surface area (Å²) in [6, 6.07) is 0. The van der Waals surface area contributed by atoms with Crippen LogP contribution in [0.5, 0.6) is 0 Å². The number of nitrogens with two attached hydrogens (primary N) is 1. The van der Waals surface area contributed by atoms with E-state index in [2.05, 4.69) is 10.3 Å². The molecular formula is C11H19N3O2. The maximum atomic E-state index is 11.4. The van der Waals surface area contributed by atoms with Crippen LogP contribution in [0.25, 0.3) is 0 Å². The molecule has 0 aliphatic carbocycles. The minimum Gasteiger partial charge on any atom is -0.444 e. The molecule has 16 heavy (non-hydrogen) atoms. The Kier molecular flexibility index (Phi) is 4.98. The number of hydrogen-bond donors (Lipinski definition) is 2. The van der Waals surface area contributed by atoms with Gasteiger partial charge in [-0.1, -0.05) is 6.92 Å². The zero-order chi connectivity index (χ0) is 12.0. The van der Waals surface area contributed by atoms with Gasteiger partial charge in [0.2, 0.25) is 11.8 Å². The molecule has 5 nitrogen and oxygen atoms in total. The minimum atomic E-state index is 0.0103. The third-order valence-corrected chi connectivity index (χ3v) is 2.37. The van der Waals surface area contributed by atoms with E-state index >= 15 is 0 Å². The summed E-state index contributed by atoms with van der Waals surface area (Å²) in [6.07, 6.45) is 2.95. The topological polar surface area (TPSA) is 81.2 Å². The summed E-state index contributed by atoms with van der Waals surface area (Å²) in [4.78, 5) is 15.4. The van der Waals surface area contributed by atoms with Gasteiger partial charge in [-0.15, -0.1) is 0 Å². The van der Waals surface area contributed by atoms with Gasteiger partial charge in [0.1, 0.15) is 5.76 Å². The maximum Gasteiger partial charge on any atom is 0.220 e. The second-order valence-electron chi connectivity index (χ2n) is 4.02. The smallest absolute Gasteiger partial charge is 0.220 e. The Hall–Kier alpha value is -1.36. The van der Waals surface area contributed by atoms with Crippen molar-refractivity contribution in [1.82, 2.24) is 10.3 Å². The Bertz CT molecular complexity index is 336. The van der Waals surface area contributed by atoms with Crippen LogP contribution in [0.4, 0.5) is 0 Å². The lowest BCUT2D eigenvalue weighted by molar-refractivity contribution is -0.121. The zero-order valence-electron chi connectivity index (χ0n) is 9.82. The molecule has 0 radical (unpaired) electrons. The lowest BCUT2D eigenvalue weighted by Gasteiger charge is -2.07. The summed E-state index contributed by atoms with van der Waals surface area (Å²) in [5, 5.41) is 2.76. The number of hydrogen-bond acceptors (Lipinski definition) is 4. The lowest BCUT2D eigenvalue weighted by Crippen LogP contribution is -2.24. The molecule has 1 aromatic heterocycles. The molecule has 0 aromatic carbocycles. The Morgan fingerprint density at radius 2 is 2.44 bits per heavy atom. The molecular weight excluding hydrogens is 206 g/mol. The second-order valence-corrected chi connectivity index (χ2v) is 4.02. The number of amides is 1.